The number of hydrogen-bond donors (Lipinski definition) is 2. The summed E-state index contributed by atoms with van der Waals surface area (Å²) in [4.78, 5) is 19.1. The van der Waals surface area contributed by atoms with Gasteiger partial charge < -0.3 is 10.6 Å². The average molecular weight is 541 g/mol. The Labute approximate surface area is 219 Å². The Balaban J connectivity index is 1.68. The van der Waals surface area contributed by atoms with E-state index < -0.39 is 28.2 Å². The molecule has 0 amide bonds. The topological polar surface area (TPSA) is 117 Å². The third-order valence-electron chi connectivity index (χ3n) is 5.43. The van der Waals surface area contributed by atoms with Crippen LogP contribution < -0.4 is 10.6 Å². The molecule has 0 aliphatic rings. The fourth-order valence-electron chi connectivity index (χ4n) is 3.61. The Morgan fingerprint density at radius 3 is 2.30 bits per heavy atom. The minimum absolute atomic E-state index is 0.0555. The van der Waals surface area contributed by atoms with Crippen molar-refractivity contribution in [3.63, 3.8) is 0 Å². The molecule has 1 aromatic heterocycles. The summed E-state index contributed by atoms with van der Waals surface area (Å²) in [5.41, 5.74) is 1.82. The van der Waals surface area contributed by atoms with Crippen molar-refractivity contribution >= 4 is 51.9 Å². The molecule has 0 aliphatic carbocycles. The van der Waals surface area contributed by atoms with Gasteiger partial charge in [0.25, 0.3) is 0 Å². The molecule has 3 aromatic carbocycles. The van der Waals surface area contributed by atoms with Crippen LogP contribution in [0.25, 0.3) is 0 Å². The van der Waals surface area contributed by atoms with E-state index in [4.69, 9.17) is 23.2 Å². The van der Waals surface area contributed by atoms with Gasteiger partial charge in [0.15, 0.2) is 11.6 Å². The number of halogens is 4. The van der Waals surface area contributed by atoms with E-state index in [9.17, 15) is 24.2 Å². The van der Waals surface area contributed by atoms with E-state index in [0.29, 0.717) is 27.4 Å². The van der Waals surface area contributed by atoms with E-state index >= 15 is 0 Å². The highest BCUT2D eigenvalue weighted by Gasteiger charge is 2.25. The lowest BCUT2D eigenvalue weighted by atomic mass is 9.91. The predicted octanol–water partition coefficient (Wildman–Crippen LogP) is 7.42. The summed E-state index contributed by atoms with van der Waals surface area (Å²) in [6.07, 6.45) is 1.08. The molecule has 1 unspecified atom stereocenters. The smallest absolute Gasteiger partial charge is 0.334 e. The Kier molecular flexibility index (Phi) is 7.47. The minimum atomic E-state index is -1.13. The third-order valence-corrected chi connectivity index (χ3v) is 6.01. The van der Waals surface area contributed by atoms with Crippen molar-refractivity contribution in [2.75, 3.05) is 10.6 Å². The number of benzene rings is 3. The molecule has 4 rings (SSSR count). The normalized spacial score (nSPS) is 11.5. The summed E-state index contributed by atoms with van der Waals surface area (Å²) in [5, 5.41) is 28.0. The van der Waals surface area contributed by atoms with Crippen molar-refractivity contribution in [1.29, 1.82) is 5.26 Å². The highest BCUT2D eigenvalue weighted by atomic mass is 35.5. The molecule has 0 bridgehead atoms. The van der Waals surface area contributed by atoms with E-state index in [-0.39, 0.29) is 22.3 Å². The van der Waals surface area contributed by atoms with Crippen LogP contribution in [0.2, 0.25) is 10.0 Å². The zero-order valence-electron chi connectivity index (χ0n) is 19.0. The third kappa shape index (κ3) is 5.58. The first-order chi connectivity index (χ1) is 17.7. The molecular weight excluding hydrogens is 525 g/mol. The van der Waals surface area contributed by atoms with Crippen molar-refractivity contribution in [2.24, 2.45) is 0 Å². The second-order valence-corrected chi connectivity index (χ2v) is 8.70. The molecule has 37 heavy (non-hydrogen) atoms. The number of nitrogens with one attached hydrogen (secondary N) is 2. The van der Waals surface area contributed by atoms with E-state index in [0.717, 1.165) is 18.5 Å². The molecule has 0 aliphatic heterocycles. The van der Waals surface area contributed by atoms with Crippen molar-refractivity contribution in [2.45, 2.75) is 12.8 Å². The van der Waals surface area contributed by atoms with Gasteiger partial charge in [0.1, 0.15) is 6.33 Å². The molecule has 0 radical (unpaired) electrons. The number of nitriles is 1. The van der Waals surface area contributed by atoms with Crippen LogP contribution in [0.5, 0.6) is 0 Å². The van der Waals surface area contributed by atoms with Crippen LogP contribution in [-0.4, -0.2) is 14.9 Å². The fourth-order valence-corrected chi connectivity index (χ4v) is 4.01. The summed E-state index contributed by atoms with van der Waals surface area (Å²) >= 11 is 12.5. The summed E-state index contributed by atoms with van der Waals surface area (Å²) in [7, 11) is 0. The van der Waals surface area contributed by atoms with E-state index in [1.54, 1.807) is 43.3 Å². The maximum Gasteiger partial charge on any atom is 0.353 e. The summed E-state index contributed by atoms with van der Waals surface area (Å²) in [6, 6.07) is 15.3. The molecule has 0 fully saturated rings. The predicted molar refractivity (Wildman–Crippen MR) is 137 cm³/mol. The first-order valence-corrected chi connectivity index (χ1v) is 11.4. The van der Waals surface area contributed by atoms with Gasteiger partial charge in [-0.1, -0.05) is 41.4 Å². The van der Waals surface area contributed by atoms with Gasteiger partial charge in [-0.05, 0) is 53.9 Å². The molecule has 0 spiro atoms. The Hall–Kier alpha value is -4.33. The number of aromatic nitrogens is 2. The molecule has 0 saturated heterocycles. The minimum Gasteiger partial charge on any atom is -0.334 e. The highest BCUT2D eigenvalue weighted by Crippen LogP contribution is 2.38. The number of rotatable bonds is 7. The van der Waals surface area contributed by atoms with Gasteiger partial charge in [-0.2, -0.15) is 5.26 Å². The maximum atomic E-state index is 13.6. The van der Waals surface area contributed by atoms with Crippen LogP contribution in [0.4, 0.5) is 37.5 Å². The second kappa shape index (κ2) is 10.7. The largest absolute Gasteiger partial charge is 0.353 e. The van der Waals surface area contributed by atoms with Gasteiger partial charge in [-0.15, -0.1) is 0 Å². The lowest BCUT2D eigenvalue weighted by molar-refractivity contribution is -0.383. The van der Waals surface area contributed by atoms with Crippen molar-refractivity contribution in [3.8, 4) is 6.07 Å². The first-order valence-electron chi connectivity index (χ1n) is 10.6. The maximum absolute atomic E-state index is 13.6. The van der Waals surface area contributed by atoms with Gasteiger partial charge >= 0.3 is 5.69 Å². The Morgan fingerprint density at radius 1 is 1.00 bits per heavy atom. The number of hydrogen-bond acceptors (Lipinski definition) is 7. The van der Waals surface area contributed by atoms with Crippen LogP contribution in [-0.2, 0) is 0 Å². The first kappa shape index (κ1) is 25.8. The molecular formula is C25H16Cl2F2N6O2. The van der Waals surface area contributed by atoms with Crippen LogP contribution in [0.15, 0.2) is 60.9 Å². The van der Waals surface area contributed by atoms with Crippen molar-refractivity contribution in [1.82, 2.24) is 9.97 Å². The molecule has 4 aromatic rings. The number of aryl methyl sites for hydroxylation is 1. The molecule has 2 N–H and O–H groups in total. The van der Waals surface area contributed by atoms with Gasteiger partial charge in [0, 0.05) is 27.5 Å². The number of nitro groups is 1. The molecule has 12 heteroatoms. The van der Waals surface area contributed by atoms with E-state index in [1.807, 2.05) is 0 Å². The van der Waals surface area contributed by atoms with Gasteiger partial charge in [0.05, 0.1) is 16.9 Å². The average Bonchev–Trinajstić information content (AvgIpc) is 2.86. The second-order valence-electron chi connectivity index (χ2n) is 7.86. The van der Waals surface area contributed by atoms with Crippen LogP contribution in [0, 0.1) is 40.0 Å². The monoisotopic (exact) mass is 540 g/mol. The summed E-state index contributed by atoms with van der Waals surface area (Å²) in [5.74, 6) is -3.25. The van der Waals surface area contributed by atoms with E-state index in [2.05, 4.69) is 26.7 Å². The molecule has 1 heterocycles. The zero-order chi connectivity index (χ0) is 26.7. The quantitative estimate of drug-likeness (QED) is 0.185. The Bertz CT molecular complexity index is 1540. The molecule has 0 saturated carbocycles. The van der Waals surface area contributed by atoms with Gasteiger partial charge in [-0.3, -0.25) is 10.1 Å². The number of nitrogens with zero attached hydrogens (tertiary/aromatic N) is 4. The van der Waals surface area contributed by atoms with Crippen LogP contribution >= 0.6 is 23.2 Å². The molecule has 8 nitrogen and oxygen atoms in total. The fraction of sp³-hybridized carbons (Fsp3) is 0.0800. The summed E-state index contributed by atoms with van der Waals surface area (Å²) < 4.78 is 26.9. The van der Waals surface area contributed by atoms with Crippen molar-refractivity contribution < 1.29 is 13.7 Å². The van der Waals surface area contributed by atoms with Gasteiger partial charge in [0.2, 0.25) is 11.6 Å². The van der Waals surface area contributed by atoms with Gasteiger partial charge in [-0.25, -0.2) is 18.7 Å². The van der Waals surface area contributed by atoms with Crippen LogP contribution in [0.1, 0.15) is 22.6 Å². The zero-order valence-corrected chi connectivity index (χ0v) is 20.5. The highest BCUT2D eigenvalue weighted by molar-refractivity contribution is 6.32. The Morgan fingerprint density at radius 2 is 1.68 bits per heavy atom. The standard InChI is InChI=1S/C25H16Cl2F2N6O2/c1-13-8-17(18(11-30)14-2-4-15(26)5-3-14)19(27)10-22(13)34-25-23(35(36)37)24(31-12-32-25)33-16-6-7-20(28)21(29)9-16/h2-10,12,18H,1H3,(H2,31,32,33,34). The molecule has 1 atom stereocenters. The lowest BCUT2D eigenvalue weighted by Crippen LogP contribution is -2.07. The summed E-state index contributed by atoms with van der Waals surface area (Å²) in [6.45, 7) is 1.74. The molecule has 186 valence electrons. The van der Waals surface area contributed by atoms with Crippen molar-refractivity contribution in [3.05, 3.63) is 109 Å². The van der Waals surface area contributed by atoms with Crippen LogP contribution in [0.3, 0.4) is 0 Å². The SMILES string of the molecule is Cc1cc(C(C#N)c2ccc(Cl)cc2)c(Cl)cc1Nc1ncnc(Nc2ccc(F)c(F)c2)c1[N+](=O)[O-]. The number of anilines is 4. The van der Waals surface area contributed by atoms with E-state index in [1.165, 1.54) is 6.07 Å². The lowest BCUT2D eigenvalue weighted by Gasteiger charge is -2.17.